The standard InChI is InChI=1S/C21H20N2O2/c1-2-5-16(6-3-1)14-24-20-9-17(11-23-13-20)21-10-18(21)15-25-19-7-4-8-22-12-19/h1-9,11-13,18,21H,10,14-15H2. The van der Waals surface area contributed by atoms with Crippen LogP contribution in [-0.4, -0.2) is 16.6 Å². The van der Waals surface area contributed by atoms with Gasteiger partial charge in [-0.2, -0.15) is 0 Å². The molecule has 1 aliphatic carbocycles. The third-order valence-corrected chi connectivity index (χ3v) is 4.43. The lowest BCUT2D eigenvalue weighted by atomic mass is 10.1. The molecule has 0 N–H and O–H groups in total. The zero-order chi connectivity index (χ0) is 16.9. The minimum Gasteiger partial charge on any atom is -0.492 e. The monoisotopic (exact) mass is 332 g/mol. The van der Waals surface area contributed by atoms with E-state index in [1.165, 1.54) is 5.56 Å². The quantitative estimate of drug-likeness (QED) is 0.649. The van der Waals surface area contributed by atoms with Crippen molar-refractivity contribution in [2.45, 2.75) is 18.9 Å². The summed E-state index contributed by atoms with van der Waals surface area (Å²) in [5, 5.41) is 0. The topological polar surface area (TPSA) is 44.2 Å². The van der Waals surface area contributed by atoms with Gasteiger partial charge in [0.1, 0.15) is 18.1 Å². The Morgan fingerprint density at radius 3 is 2.60 bits per heavy atom. The van der Waals surface area contributed by atoms with Gasteiger partial charge in [0.05, 0.1) is 19.0 Å². The highest BCUT2D eigenvalue weighted by Crippen LogP contribution is 2.47. The molecule has 4 heteroatoms. The van der Waals surface area contributed by atoms with Crippen LogP contribution in [-0.2, 0) is 6.61 Å². The van der Waals surface area contributed by atoms with E-state index in [9.17, 15) is 0 Å². The highest BCUT2D eigenvalue weighted by Gasteiger charge is 2.39. The Labute approximate surface area is 147 Å². The minimum atomic E-state index is 0.504. The van der Waals surface area contributed by atoms with Crippen LogP contribution in [0.4, 0.5) is 0 Å². The smallest absolute Gasteiger partial charge is 0.138 e. The number of ether oxygens (including phenoxy) is 2. The molecule has 0 spiro atoms. The molecule has 1 saturated carbocycles. The number of rotatable bonds is 7. The predicted octanol–water partition coefficient (Wildman–Crippen LogP) is 4.24. The second-order valence-electron chi connectivity index (χ2n) is 6.33. The van der Waals surface area contributed by atoms with Crippen LogP contribution in [0.2, 0.25) is 0 Å². The molecule has 126 valence electrons. The molecule has 2 heterocycles. The van der Waals surface area contributed by atoms with Gasteiger partial charge in [-0.05, 0) is 41.7 Å². The van der Waals surface area contributed by atoms with Crippen LogP contribution in [0.15, 0.2) is 73.3 Å². The average Bonchev–Trinajstić information content (AvgIpc) is 3.46. The van der Waals surface area contributed by atoms with Gasteiger partial charge in [-0.3, -0.25) is 9.97 Å². The Morgan fingerprint density at radius 2 is 1.76 bits per heavy atom. The molecule has 2 atom stereocenters. The molecule has 2 unspecified atom stereocenters. The molecule has 1 aromatic carbocycles. The van der Waals surface area contributed by atoms with Gasteiger partial charge in [0.25, 0.3) is 0 Å². The summed E-state index contributed by atoms with van der Waals surface area (Å²) in [6.45, 7) is 1.27. The molecule has 1 fully saturated rings. The largest absolute Gasteiger partial charge is 0.492 e. The zero-order valence-corrected chi connectivity index (χ0v) is 13.9. The summed E-state index contributed by atoms with van der Waals surface area (Å²) in [5.74, 6) is 2.68. The van der Waals surface area contributed by atoms with E-state index >= 15 is 0 Å². The first-order valence-corrected chi connectivity index (χ1v) is 8.53. The van der Waals surface area contributed by atoms with Gasteiger partial charge >= 0.3 is 0 Å². The molecule has 0 saturated heterocycles. The molecule has 0 bridgehead atoms. The lowest BCUT2D eigenvalue weighted by Gasteiger charge is -2.08. The van der Waals surface area contributed by atoms with Crippen molar-refractivity contribution in [1.29, 1.82) is 0 Å². The van der Waals surface area contributed by atoms with Crippen LogP contribution in [0.5, 0.6) is 11.5 Å². The Balaban J connectivity index is 1.31. The molecule has 0 aliphatic heterocycles. The molecular weight excluding hydrogens is 312 g/mol. The van der Waals surface area contributed by atoms with E-state index < -0.39 is 0 Å². The SMILES string of the molecule is c1ccc(COc2cncc(C3CC3COc3cccnc3)c2)cc1. The number of pyridine rings is 2. The minimum absolute atomic E-state index is 0.504. The normalized spacial score (nSPS) is 18.6. The van der Waals surface area contributed by atoms with E-state index in [0.717, 1.165) is 23.5 Å². The molecule has 4 nitrogen and oxygen atoms in total. The number of hydrogen-bond donors (Lipinski definition) is 0. The Hall–Kier alpha value is -2.88. The third kappa shape index (κ3) is 4.15. The van der Waals surface area contributed by atoms with Crippen molar-refractivity contribution >= 4 is 0 Å². The summed E-state index contributed by atoms with van der Waals surface area (Å²) >= 11 is 0. The number of hydrogen-bond acceptors (Lipinski definition) is 4. The lowest BCUT2D eigenvalue weighted by Crippen LogP contribution is -2.01. The van der Waals surface area contributed by atoms with Gasteiger partial charge in [-0.15, -0.1) is 0 Å². The summed E-state index contributed by atoms with van der Waals surface area (Å²) in [6.07, 6.45) is 8.33. The molecule has 1 aliphatic rings. The van der Waals surface area contributed by atoms with Gasteiger partial charge in [-0.25, -0.2) is 0 Å². The fourth-order valence-electron chi connectivity index (χ4n) is 2.93. The van der Waals surface area contributed by atoms with E-state index in [2.05, 4.69) is 28.2 Å². The maximum Gasteiger partial charge on any atom is 0.138 e. The van der Waals surface area contributed by atoms with Gasteiger partial charge in [-0.1, -0.05) is 30.3 Å². The predicted molar refractivity (Wildman–Crippen MR) is 95.6 cm³/mol. The number of nitrogens with zero attached hydrogens (tertiary/aromatic N) is 2. The van der Waals surface area contributed by atoms with Crippen LogP contribution in [0, 0.1) is 5.92 Å². The summed E-state index contributed by atoms with van der Waals surface area (Å²) in [7, 11) is 0. The van der Waals surface area contributed by atoms with Crippen LogP contribution in [0.3, 0.4) is 0 Å². The van der Waals surface area contributed by atoms with Crippen molar-refractivity contribution in [3.8, 4) is 11.5 Å². The van der Waals surface area contributed by atoms with Gasteiger partial charge < -0.3 is 9.47 Å². The van der Waals surface area contributed by atoms with Crippen molar-refractivity contribution in [3.63, 3.8) is 0 Å². The van der Waals surface area contributed by atoms with E-state index in [4.69, 9.17) is 9.47 Å². The summed E-state index contributed by atoms with van der Waals surface area (Å²) in [6, 6.07) is 16.1. The maximum atomic E-state index is 5.87. The highest BCUT2D eigenvalue weighted by atomic mass is 16.5. The molecule has 4 rings (SSSR count). The van der Waals surface area contributed by atoms with Gasteiger partial charge in [0, 0.05) is 18.3 Å². The highest BCUT2D eigenvalue weighted by molar-refractivity contribution is 5.31. The van der Waals surface area contributed by atoms with E-state index in [-0.39, 0.29) is 0 Å². The maximum absolute atomic E-state index is 5.87. The van der Waals surface area contributed by atoms with Crippen molar-refractivity contribution < 1.29 is 9.47 Å². The first kappa shape index (κ1) is 15.6. The number of aromatic nitrogens is 2. The van der Waals surface area contributed by atoms with E-state index in [0.29, 0.717) is 25.0 Å². The fraction of sp³-hybridized carbons (Fsp3) is 0.238. The van der Waals surface area contributed by atoms with Crippen molar-refractivity contribution in [2.75, 3.05) is 6.61 Å². The molecule has 3 aromatic rings. The van der Waals surface area contributed by atoms with Crippen LogP contribution < -0.4 is 9.47 Å². The van der Waals surface area contributed by atoms with E-state index in [1.54, 1.807) is 18.6 Å². The van der Waals surface area contributed by atoms with E-state index in [1.807, 2.05) is 36.5 Å². The lowest BCUT2D eigenvalue weighted by molar-refractivity contribution is 0.295. The Kier molecular flexibility index (Phi) is 4.59. The van der Waals surface area contributed by atoms with Crippen LogP contribution >= 0.6 is 0 Å². The second kappa shape index (κ2) is 7.34. The second-order valence-corrected chi connectivity index (χ2v) is 6.33. The molecule has 0 amide bonds. The first-order chi connectivity index (χ1) is 12.4. The average molecular weight is 332 g/mol. The summed E-state index contributed by atoms with van der Waals surface area (Å²) in [5.41, 5.74) is 2.38. The molecule has 0 radical (unpaired) electrons. The van der Waals surface area contributed by atoms with Crippen molar-refractivity contribution in [3.05, 3.63) is 84.4 Å². The summed E-state index contributed by atoms with van der Waals surface area (Å²) in [4.78, 5) is 8.40. The third-order valence-electron chi connectivity index (χ3n) is 4.43. The van der Waals surface area contributed by atoms with Crippen molar-refractivity contribution in [2.24, 2.45) is 5.92 Å². The van der Waals surface area contributed by atoms with Gasteiger partial charge in [0.15, 0.2) is 0 Å². The summed E-state index contributed by atoms with van der Waals surface area (Å²) < 4.78 is 11.7. The molecular formula is C21H20N2O2. The molecule has 25 heavy (non-hydrogen) atoms. The van der Waals surface area contributed by atoms with Crippen molar-refractivity contribution in [1.82, 2.24) is 9.97 Å². The number of benzene rings is 1. The fourth-order valence-corrected chi connectivity index (χ4v) is 2.93. The van der Waals surface area contributed by atoms with Crippen LogP contribution in [0.1, 0.15) is 23.5 Å². The van der Waals surface area contributed by atoms with Gasteiger partial charge in [0.2, 0.25) is 0 Å². The molecule has 2 aromatic heterocycles. The zero-order valence-electron chi connectivity index (χ0n) is 13.9. The Morgan fingerprint density at radius 1 is 0.880 bits per heavy atom. The van der Waals surface area contributed by atoms with Crippen LogP contribution in [0.25, 0.3) is 0 Å². The first-order valence-electron chi connectivity index (χ1n) is 8.53. The Bertz CT molecular complexity index is 808.